The van der Waals surface area contributed by atoms with Crippen molar-refractivity contribution in [2.45, 2.75) is 56.8 Å². The van der Waals surface area contributed by atoms with Crippen LogP contribution in [0.5, 0.6) is 0 Å². The highest BCUT2D eigenvalue weighted by atomic mass is 16.2. The van der Waals surface area contributed by atoms with Gasteiger partial charge in [0.05, 0.1) is 0 Å². The second-order valence-corrected chi connectivity index (χ2v) is 7.80. The molecule has 2 fully saturated rings. The van der Waals surface area contributed by atoms with Crippen LogP contribution in [0.3, 0.4) is 0 Å². The number of urea groups is 1. The summed E-state index contributed by atoms with van der Waals surface area (Å²) in [5, 5.41) is 6.26. The van der Waals surface area contributed by atoms with Gasteiger partial charge >= 0.3 is 6.03 Å². The number of carbonyl (C=O) groups excluding carboxylic acids is 2. The molecule has 2 saturated heterocycles. The summed E-state index contributed by atoms with van der Waals surface area (Å²) >= 11 is 0. The van der Waals surface area contributed by atoms with Crippen molar-refractivity contribution < 1.29 is 9.59 Å². The maximum Gasteiger partial charge on any atom is 0.318 e. The number of rotatable bonds is 4. The zero-order chi connectivity index (χ0) is 19.3. The summed E-state index contributed by atoms with van der Waals surface area (Å²) in [6, 6.07) is 19.9. The molecule has 146 valence electrons. The van der Waals surface area contributed by atoms with Gasteiger partial charge in [-0.3, -0.25) is 4.79 Å². The van der Waals surface area contributed by atoms with Gasteiger partial charge in [-0.15, -0.1) is 0 Å². The van der Waals surface area contributed by atoms with Crippen LogP contribution in [0.25, 0.3) is 0 Å². The summed E-state index contributed by atoms with van der Waals surface area (Å²) in [7, 11) is 0. The van der Waals surface area contributed by atoms with Gasteiger partial charge in [-0.1, -0.05) is 48.5 Å². The first-order valence-corrected chi connectivity index (χ1v) is 10.2. The smallest absolute Gasteiger partial charge is 0.318 e. The highest BCUT2D eigenvalue weighted by Gasteiger charge is 2.41. The van der Waals surface area contributed by atoms with Crippen LogP contribution in [-0.4, -0.2) is 35.0 Å². The lowest BCUT2D eigenvalue weighted by molar-refractivity contribution is 0.0522. The minimum atomic E-state index is -0.0225. The van der Waals surface area contributed by atoms with Crippen LogP contribution in [-0.2, 0) is 6.54 Å². The van der Waals surface area contributed by atoms with Crippen LogP contribution < -0.4 is 10.6 Å². The van der Waals surface area contributed by atoms with Gasteiger partial charge in [0.15, 0.2) is 0 Å². The van der Waals surface area contributed by atoms with Crippen LogP contribution in [0.2, 0.25) is 0 Å². The van der Waals surface area contributed by atoms with E-state index in [1.165, 1.54) is 0 Å². The van der Waals surface area contributed by atoms with E-state index >= 15 is 0 Å². The molecule has 2 aliphatic heterocycles. The highest BCUT2D eigenvalue weighted by molar-refractivity contribution is 5.94. The molecule has 2 N–H and O–H groups in total. The molecule has 2 heterocycles. The average molecular weight is 377 g/mol. The quantitative estimate of drug-likeness (QED) is 0.853. The second-order valence-electron chi connectivity index (χ2n) is 7.80. The molecule has 0 aromatic heterocycles. The molecule has 2 aliphatic rings. The fraction of sp³-hybridized carbons (Fsp3) is 0.391. The molecule has 2 bridgehead atoms. The van der Waals surface area contributed by atoms with Crippen molar-refractivity contribution in [3.8, 4) is 0 Å². The molecular weight excluding hydrogens is 350 g/mol. The highest BCUT2D eigenvalue weighted by Crippen LogP contribution is 2.34. The largest absolute Gasteiger partial charge is 0.349 e. The Morgan fingerprint density at radius 2 is 1.50 bits per heavy atom. The number of fused-ring (bicyclic) bond motifs is 2. The Morgan fingerprint density at radius 1 is 0.893 bits per heavy atom. The van der Waals surface area contributed by atoms with Crippen molar-refractivity contribution in [1.29, 1.82) is 0 Å². The Kier molecular flexibility index (Phi) is 5.60. The number of hydrogen-bond acceptors (Lipinski definition) is 2. The maximum absolute atomic E-state index is 12.9. The van der Waals surface area contributed by atoms with Crippen LogP contribution in [0.15, 0.2) is 60.7 Å². The Bertz CT molecular complexity index is 795. The topological polar surface area (TPSA) is 61.4 Å². The van der Waals surface area contributed by atoms with Gasteiger partial charge in [-0.05, 0) is 49.8 Å². The summed E-state index contributed by atoms with van der Waals surface area (Å²) in [4.78, 5) is 27.4. The molecule has 2 aromatic carbocycles. The van der Waals surface area contributed by atoms with Crippen LogP contribution in [0.4, 0.5) is 4.79 Å². The Labute approximate surface area is 166 Å². The third kappa shape index (κ3) is 4.19. The lowest BCUT2D eigenvalue weighted by Crippen LogP contribution is -2.60. The van der Waals surface area contributed by atoms with Crippen LogP contribution in [0.1, 0.15) is 48.0 Å². The summed E-state index contributed by atoms with van der Waals surface area (Å²) in [5.74, 6) is -0.0225. The fourth-order valence-corrected chi connectivity index (χ4v) is 4.55. The van der Waals surface area contributed by atoms with E-state index in [1.54, 1.807) is 0 Å². The van der Waals surface area contributed by atoms with Crippen molar-refractivity contribution >= 4 is 11.9 Å². The number of carbonyl (C=O) groups is 2. The molecule has 2 aromatic rings. The molecule has 0 saturated carbocycles. The Morgan fingerprint density at radius 3 is 2.14 bits per heavy atom. The number of benzene rings is 2. The molecule has 5 nitrogen and oxygen atoms in total. The third-order valence-corrected chi connectivity index (χ3v) is 5.87. The van der Waals surface area contributed by atoms with Crippen molar-refractivity contribution in [3.63, 3.8) is 0 Å². The Hall–Kier alpha value is -2.82. The van der Waals surface area contributed by atoms with E-state index in [0.717, 1.165) is 37.7 Å². The summed E-state index contributed by atoms with van der Waals surface area (Å²) in [6.07, 6.45) is 4.82. The first-order chi connectivity index (χ1) is 13.7. The van der Waals surface area contributed by atoms with Gasteiger partial charge in [0.25, 0.3) is 5.91 Å². The van der Waals surface area contributed by atoms with Crippen molar-refractivity contribution in [2.75, 3.05) is 0 Å². The first kappa shape index (κ1) is 18.5. The van der Waals surface area contributed by atoms with E-state index in [1.807, 2.05) is 65.6 Å². The maximum atomic E-state index is 12.9. The molecule has 0 spiro atoms. The minimum Gasteiger partial charge on any atom is -0.349 e. The lowest BCUT2D eigenvalue weighted by Gasteiger charge is -2.48. The zero-order valence-corrected chi connectivity index (χ0v) is 16.0. The lowest BCUT2D eigenvalue weighted by atomic mass is 9.82. The molecule has 0 aliphatic carbocycles. The van der Waals surface area contributed by atoms with Crippen molar-refractivity contribution in [1.82, 2.24) is 15.5 Å². The number of nitrogens with one attached hydrogen (secondary N) is 2. The summed E-state index contributed by atoms with van der Waals surface area (Å²) in [6.45, 7) is 0.545. The van der Waals surface area contributed by atoms with Crippen LogP contribution in [0, 0.1) is 0 Å². The van der Waals surface area contributed by atoms with Crippen LogP contribution >= 0.6 is 0 Å². The number of nitrogens with zero attached hydrogens (tertiary/aromatic N) is 1. The summed E-state index contributed by atoms with van der Waals surface area (Å²) < 4.78 is 0. The van der Waals surface area contributed by atoms with Gasteiger partial charge in [0, 0.05) is 30.2 Å². The molecule has 0 radical (unpaired) electrons. The zero-order valence-electron chi connectivity index (χ0n) is 16.0. The van der Waals surface area contributed by atoms with Crippen molar-refractivity contribution in [2.24, 2.45) is 0 Å². The third-order valence-electron chi connectivity index (χ3n) is 5.87. The van der Waals surface area contributed by atoms with Gasteiger partial charge < -0.3 is 15.5 Å². The molecule has 3 amide bonds. The first-order valence-electron chi connectivity index (χ1n) is 10.2. The normalized spacial score (nSPS) is 23.7. The Balaban J connectivity index is 1.36. The average Bonchev–Trinajstić information content (AvgIpc) is 2.73. The number of piperidine rings is 2. The van der Waals surface area contributed by atoms with E-state index in [9.17, 15) is 9.59 Å². The second kappa shape index (κ2) is 8.46. The molecular formula is C23H27N3O2. The standard InChI is InChI=1S/C23H27N3O2/c27-22(18-10-5-2-6-11-18)25-19-14-20-12-7-13-21(15-19)26(20)23(28)24-16-17-8-3-1-4-9-17/h1-6,8-11,19-21H,7,12-16H2,(H,24,28)(H,25,27)/t20-,21-/m1/s1. The molecule has 4 rings (SSSR count). The minimum absolute atomic E-state index is 0.0198. The van der Waals surface area contributed by atoms with Gasteiger partial charge in [-0.2, -0.15) is 0 Å². The molecule has 2 atom stereocenters. The SMILES string of the molecule is O=C(NC1C[C@H]2CCC[C@H](C1)N2C(=O)NCc1ccccc1)c1ccccc1. The van der Waals surface area contributed by atoms with E-state index in [4.69, 9.17) is 0 Å². The van der Waals surface area contributed by atoms with E-state index in [-0.39, 0.29) is 30.1 Å². The van der Waals surface area contributed by atoms with Gasteiger partial charge in [0.2, 0.25) is 0 Å². The summed E-state index contributed by atoms with van der Waals surface area (Å²) in [5.41, 5.74) is 1.79. The fourth-order valence-electron chi connectivity index (χ4n) is 4.55. The monoisotopic (exact) mass is 377 g/mol. The molecule has 5 heteroatoms. The van der Waals surface area contributed by atoms with Gasteiger partial charge in [0.1, 0.15) is 0 Å². The van der Waals surface area contributed by atoms with Gasteiger partial charge in [-0.25, -0.2) is 4.79 Å². The number of hydrogen-bond donors (Lipinski definition) is 2. The predicted octanol–water partition coefficient (Wildman–Crippen LogP) is 3.71. The molecule has 0 unspecified atom stereocenters. The molecule has 28 heavy (non-hydrogen) atoms. The number of amides is 3. The van der Waals surface area contributed by atoms with Crippen molar-refractivity contribution in [3.05, 3.63) is 71.8 Å². The van der Waals surface area contributed by atoms with E-state index < -0.39 is 0 Å². The van der Waals surface area contributed by atoms with E-state index in [0.29, 0.717) is 12.1 Å². The van der Waals surface area contributed by atoms with E-state index in [2.05, 4.69) is 10.6 Å². The predicted molar refractivity (Wildman–Crippen MR) is 109 cm³/mol.